The number of nitrogens with zero attached hydrogens (tertiary/aromatic N) is 3. The summed E-state index contributed by atoms with van der Waals surface area (Å²) in [5.41, 5.74) is 2.88. The molecule has 1 amide bonds. The molecule has 1 saturated heterocycles. The first-order valence-electron chi connectivity index (χ1n) is 8.76. The van der Waals surface area contributed by atoms with Gasteiger partial charge in [-0.25, -0.2) is 0 Å². The summed E-state index contributed by atoms with van der Waals surface area (Å²) in [6.45, 7) is 8.21. The number of Topliss-reactive ketones (excluding diaryl/α,β-unsaturated/α-hetero) is 1. The maximum Gasteiger partial charge on any atom is 0.294 e. The highest BCUT2D eigenvalue weighted by molar-refractivity contribution is 6.42. The molecular weight excluding hydrogens is 302 g/mol. The molecule has 3 rings (SSSR count). The van der Waals surface area contributed by atoms with Gasteiger partial charge >= 0.3 is 0 Å². The molecule has 0 spiro atoms. The minimum absolute atomic E-state index is 0.00731. The molecule has 0 N–H and O–H groups in total. The lowest BCUT2D eigenvalue weighted by Gasteiger charge is -2.32. The predicted molar refractivity (Wildman–Crippen MR) is 95.5 cm³/mol. The number of benzene rings is 1. The largest absolute Gasteiger partial charge is 0.358 e. The number of hydrogen-bond donors (Lipinski definition) is 0. The van der Waals surface area contributed by atoms with Crippen LogP contribution in [0.2, 0.25) is 0 Å². The number of fused-ring (bicyclic) bond motifs is 3. The number of likely N-dealkylation sites (N-methyl/N-ethyl adjacent to an activating group) is 3. The maximum absolute atomic E-state index is 12.6. The minimum Gasteiger partial charge on any atom is -0.358 e. The molecule has 0 aliphatic carbocycles. The first kappa shape index (κ1) is 17.0. The molecular formula is C19H27N3O2. The molecule has 2 heterocycles. The number of rotatable bonds is 4. The third kappa shape index (κ3) is 2.25. The summed E-state index contributed by atoms with van der Waals surface area (Å²) in [7, 11) is 4.26. The fourth-order valence-electron chi connectivity index (χ4n) is 4.50. The van der Waals surface area contributed by atoms with Crippen molar-refractivity contribution in [3.8, 4) is 0 Å². The van der Waals surface area contributed by atoms with Gasteiger partial charge in [-0.3, -0.25) is 14.5 Å². The number of hydrogen-bond acceptors (Lipinski definition) is 4. The molecule has 0 aromatic heterocycles. The summed E-state index contributed by atoms with van der Waals surface area (Å²) in [5, 5.41) is 0. The van der Waals surface area contributed by atoms with Crippen LogP contribution in [0.15, 0.2) is 18.2 Å². The van der Waals surface area contributed by atoms with Gasteiger partial charge in [0.15, 0.2) is 0 Å². The van der Waals surface area contributed by atoms with Crippen molar-refractivity contribution in [3.05, 3.63) is 29.3 Å². The van der Waals surface area contributed by atoms with Crippen LogP contribution >= 0.6 is 0 Å². The predicted octanol–water partition coefficient (Wildman–Crippen LogP) is 2.11. The third-order valence-corrected chi connectivity index (χ3v) is 5.84. The standard InChI is InChI=1S/C19H27N3O2/c1-6-22(7-2)17(24)16(23)13-8-9-15-14(12-13)19(3)10-11-20(4)18(19)21(15)5/h8-9,12,18H,6-7,10-11H2,1-5H3. The Morgan fingerprint density at radius 2 is 1.92 bits per heavy atom. The Hall–Kier alpha value is -1.88. The smallest absolute Gasteiger partial charge is 0.294 e. The van der Waals surface area contributed by atoms with Crippen molar-refractivity contribution in [2.75, 3.05) is 38.6 Å². The molecule has 2 atom stereocenters. The first-order chi connectivity index (χ1) is 11.3. The van der Waals surface area contributed by atoms with E-state index in [1.54, 1.807) is 11.0 Å². The third-order valence-electron chi connectivity index (χ3n) is 5.84. The Balaban J connectivity index is 1.98. The molecule has 0 bridgehead atoms. The van der Waals surface area contributed by atoms with Crippen molar-refractivity contribution in [1.29, 1.82) is 0 Å². The van der Waals surface area contributed by atoms with Gasteiger partial charge in [-0.2, -0.15) is 0 Å². The van der Waals surface area contributed by atoms with E-state index in [0.29, 0.717) is 24.8 Å². The SMILES string of the molecule is CCN(CC)C(=O)C(=O)c1ccc2c(c1)C1(C)CCN(C)C1N2C. The van der Waals surface area contributed by atoms with Crippen molar-refractivity contribution < 1.29 is 9.59 Å². The quantitative estimate of drug-likeness (QED) is 0.627. The number of amides is 1. The van der Waals surface area contributed by atoms with E-state index in [9.17, 15) is 9.59 Å². The molecule has 130 valence electrons. The average molecular weight is 329 g/mol. The van der Waals surface area contributed by atoms with E-state index in [2.05, 4.69) is 30.8 Å². The van der Waals surface area contributed by atoms with Crippen molar-refractivity contribution >= 4 is 17.4 Å². The number of carbonyl (C=O) groups is 2. The van der Waals surface area contributed by atoms with Gasteiger partial charge < -0.3 is 9.80 Å². The first-order valence-corrected chi connectivity index (χ1v) is 8.76. The van der Waals surface area contributed by atoms with Crippen LogP contribution in [0.1, 0.15) is 43.1 Å². The van der Waals surface area contributed by atoms with E-state index in [4.69, 9.17) is 0 Å². The van der Waals surface area contributed by atoms with E-state index in [1.165, 1.54) is 11.3 Å². The van der Waals surface area contributed by atoms with Crippen LogP contribution in [0.4, 0.5) is 5.69 Å². The topological polar surface area (TPSA) is 43.9 Å². The summed E-state index contributed by atoms with van der Waals surface area (Å²) in [4.78, 5) is 31.3. The van der Waals surface area contributed by atoms with Crippen LogP contribution in [0.5, 0.6) is 0 Å². The number of ketones is 1. The summed E-state index contributed by atoms with van der Waals surface area (Å²) < 4.78 is 0. The maximum atomic E-state index is 12.6. The Labute approximate surface area is 144 Å². The van der Waals surface area contributed by atoms with Crippen molar-refractivity contribution in [3.63, 3.8) is 0 Å². The number of anilines is 1. The van der Waals surface area contributed by atoms with Gasteiger partial charge in [-0.1, -0.05) is 6.92 Å². The van der Waals surface area contributed by atoms with E-state index in [1.807, 2.05) is 26.0 Å². The van der Waals surface area contributed by atoms with Crippen LogP contribution in [0, 0.1) is 0 Å². The zero-order valence-electron chi connectivity index (χ0n) is 15.3. The Morgan fingerprint density at radius 3 is 2.54 bits per heavy atom. The molecule has 0 radical (unpaired) electrons. The van der Waals surface area contributed by atoms with Crippen LogP contribution in [-0.4, -0.2) is 61.4 Å². The van der Waals surface area contributed by atoms with Crippen LogP contribution < -0.4 is 4.90 Å². The minimum atomic E-state index is -0.406. The summed E-state index contributed by atoms with van der Waals surface area (Å²) in [6, 6.07) is 5.74. The summed E-state index contributed by atoms with van der Waals surface area (Å²) in [6.07, 6.45) is 1.38. The fraction of sp³-hybridized carbons (Fsp3) is 0.579. The molecule has 5 nitrogen and oxygen atoms in total. The highest BCUT2D eigenvalue weighted by Crippen LogP contribution is 2.51. The lowest BCUT2D eigenvalue weighted by atomic mass is 9.80. The molecule has 24 heavy (non-hydrogen) atoms. The van der Waals surface area contributed by atoms with Crippen molar-refractivity contribution in [2.45, 2.75) is 38.8 Å². The molecule has 0 saturated carbocycles. The zero-order valence-corrected chi connectivity index (χ0v) is 15.3. The molecule has 2 aliphatic rings. The van der Waals surface area contributed by atoms with Gasteiger partial charge in [-0.15, -0.1) is 0 Å². The van der Waals surface area contributed by atoms with Crippen molar-refractivity contribution in [1.82, 2.24) is 9.80 Å². The normalized spacial score (nSPS) is 25.5. The summed E-state index contributed by atoms with van der Waals surface area (Å²) in [5.74, 6) is -0.806. The lowest BCUT2D eigenvalue weighted by molar-refractivity contribution is -0.126. The zero-order chi connectivity index (χ0) is 17.6. The Bertz CT molecular complexity index is 683. The fourth-order valence-corrected chi connectivity index (χ4v) is 4.50. The molecule has 1 aromatic carbocycles. The summed E-state index contributed by atoms with van der Waals surface area (Å²) >= 11 is 0. The molecule has 2 aliphatic heterocycles. The molecule has 2 unspecified atom stereocenters. The molecule has 5 heteroatoms. The Kier molecular flexibility index (Phi) is 4.16. The average Bonchev–Trinajstić information content (AvgIpc) is 3.00. The van der Waals surface area contributed by atoms with E-state index < -0.39 is 11.7 Å². The van der Waals surface area contributed by atoms with Gasteiger partial charge in [0.2, 0.25) is 5.78 Å². The second kappa shape index (κ2) is 5.88. The van der Waals surface area contributed by atoms with Crippen LogP contribution in [0.3, 0.4) is 0 Å². The molecule has 1 fully saturated rings. The van der Waals surface area contributed by atoms with Gasteiger partial charge in [0.25, 0.3) is 5.91 Å². The Morgan fingerprint density at radius 1 is 1.25 bits per heavy atom. The second-order valence-electron chi connectivity index (χ2n) is 7.17. The second-order valence-corrected chi connectivity index (χ2v) is 7.17. The van der Waals surface area contributed by atoms with Crippen LogP contribution in [-0.2, 0) is 10.2 Å². The number of likely N-dealkylation sites (tertiary alicyclic amines) is 1. The highest BCUT2D eigenvalue weighted by atomic mass is 16.2. The highest BCUT2D eigenvalue weighted by Gasteiger charge is 2.52. The van der Waals surface area contributed by atoms with Gasteiger partial charge in [0.05, 0.1) is 6.17 Å². The van der Waals surface area contributed by atoms with Crippen molar-refractivity contribution in [2.24, 2.45) is 0 Å². The lowest BCUT2D eigenvalue weighted by Crippen LogP contribution is -2.45. The van der Waals surface area contributed by atoms with Gasteiger partial charge in [0, 0.05) is 43.3 Å². The number of carbonyl (C=O) groups excluding carboxylic acids is 2. The van der Waals surface area contributed by atoms with Crippen LogP contribution in [0.25, 0.3) is 0 Å². The van der Waals surface area contributed by atoms with E-state index >= 15 is 0 Å². The van der Waals surface area contributed by atoms with Gasteiger partial charge in [-0.05, 0) is 51.1 Å². The van der Waals surface area contributed by atoms with E-state index in [0.717, 1.165) is 13.0 Å². The van der Waals surface area contributed by atoms with E-state index in [-0.39, 0.29) is 5.41 Å². The monoisotopic (exact) mass is 329 g/mol. The molecule has 1 aromatic rings. The van der Waals surface area contributed by atoms with Gasteiger partial charge in [0.1, 0.15) is 0 Å².